The zero-order valence-electron chi connectivity index (χ0n) is 73.1. The van der Waals surface area contributed by atoms with Gasteiger partial charge in [0, 0.05) is 135 Å². The number of piperazine rings is 4. The number of alkyl halides is 3. The van der Waals surface area contributed by atoms with Gasteiger partial charge in [0.15, 0.2) is 57.6 Å². The number of carbonyl (C=O) groups is 4. The Labute approximate surface area is 755 Å². The summed E-state index contributed by atoms with van der Waals surface area (Å²) >= 11 is 0. The first-order chi connectivity index (χ1) is 62.6. The third kappa shape index (κ3) is 24.9. The minimum atomic E-state index is -4.79. The Kier molecular flexibility index (Phi) is 36.8. The summed E-state index contributed by atoms with van der Waals surface area (Å²) in [5.74, 6) is -3.81. The summed E-state index contributed by atoms with van der Waals surface area (Å²) in [7, 11) is -4.25. The van der Waals surface area contributed by atoms with Crippen LogP contribution < -0.4 is 83.8 Å². The number of anilines is 2. The molecule has 131 heavy (non-hydrogen) atoms. The van der Waals surface area contributed by atoms with Crippen molar-refractivity contribution in [1.29, 1.82) is 0 Å². The number of amides is 4. The molecule has 4 fully saturated rings. The van der Waals surface area contributed by atoms with E-state index < -0.39 is 81.5 Å². The number of hydrogen-bond acceptors (Lipinski definition) is 31. The Bertz CT molecular complexity index is 5720. The van der Waals surface area contributed by atoms with Gasteiger partial charge in [-0.2, -0.15) is 17.2 Å². The second-order valence-electron chi connectivity index (χ2n) is 28.8. The van der Waals surface area contributed by atoms with E-state index in [4.69, 9.17) is 63.0 Å². The molecule has 8 N–H and O–H groups in total. The number of ether oxygens (including phenoxy) is 11. The van der Waals surface area contributed by atoms with Crippen molar-refractivity contribution in [2.45, 2.75) is 58.8 Å². The second kappa shape index (κ2) is 46.8. The van der Waals surface area contributed by atoms with Gasteiger partial charge in [0.25, 0.3) is 23.6 Å². The molecule has 4 aliphatic heterocycles. The number of halogens is 4. The molecular weight excluding hydrogens is 1810 g/mol. The molecule has 0 unspecified atom stereocenters. The number of unbranched alkanes of at least 4 members (excludes halogenated alkanes) is 1. The lowest BCUT2D eigenvalue weighted by Crippen LogP contribution is -2.49. The fourth-order valence-electron chi connectivity index (χ4n) is 14.6. The third-order valence-corrected chi connectivity index (χ3v) is 29.0. The highest BCUT2D eigenvalue weighted by molar-refractivity contribution is 7.90. The molecule has 0 radical (unpaired) electrons. The lowest BCUT2D eigenvalue weighted by Gasteiger charge is -2.35. The zero-order valence-corrected chi connectivity index (χ0v) is 76.4. The van der Waals surface area contributed by atoms with Crippen LogP contribution in [0.3, 0.4) is 0 Å². The quantitative estimate of drug-likeness (QED) is 0.00872. The molecule has 714 valence electrons. The van der Waals surface area contributed by atoms with Crippen LogP contribution in [0.15, 0.2) is 165 Å². The average molecular weight is 1920 g/mol. The molecule has 0 saturated carbocycles. The zero-order chi connectivity index (χ0) is 95.7. The molecule has 4 aliphatic rings. The van der Waals surface area contributed by atoms with Gasteiger partial charge in [0.1, 0.15) is 33.8 Å². The first-order valence-corrected chi connectivity index (χ1v) is 46.0. The lowest BCUT2D eigenvalue weighted by molar-refractivity contribution is -0.274. The number of carbonyl (C=O) groups excluding carboxylic acids is 4. The maximum Gasteiger partial charge on any atom is 0.573 e. The Hall–Kier alpha value is -11.8. The summed E-state index contributed by atoms with van der Waals surface area (Å²) in [5, 5.41) is 36.6. The number of nitrogens with zero attached hydrogens (tertiary/aromatic N) is 8. The predicted molar refractivity (Wildman–Crippen MR) is 465 cm³/mol. The van der Waals surface area contributed by atoms with E-state index in [-0.39, 0.29) is 159 Å². The van der Waals surface area contributed by atoms with E-state index >= 15 is 0 Å². The second-order valence-corrected chi connectivity index (χ2v) is 36.4. The number of methoxy groups -OCH3 is 9. The first-order valence-electron chi connectivity index (χ1n) is 40.2. The molecule has 0 bridgehead atoms. The SMILES string of the molecule is CCCCOc1ccc(N2CCN(S(=O)(=O)c3ccc(OC)c(OC)c3C(=O)NO)CC2)cc1F.COc1ccc(CN2CCN(S(=O)(=O)c3ccc(OC)c(OC)c3C(=O)NO)CC2)cc1.COc1ccc(S(=O)(=O)N2CCN(Cc3ccccc3)CC2)c(C(=O)NO)c1OC.COc1ccc(S(=O)(=O)N2CCN(c3ccc(OC(F)(F)F)cc3)CC2)c(C(=O)NO)c1OC. The van der Waals surface area contributed by atoms with Gasteiger partial charge in [0.05, 0.1) is 90.2 Å². The van der Waals surface area contributed by atoms with Gasteiger partial charge in [-0.25, -0.2) is 60.0 Å². The highest BCUT2D eigenvalue weighted by Gasteiger charge is 2.41. The van der Waals surface area contributed by atoms with Crippen molar-refractivity contribution in [1.82, 2.24) is 48.9 Å². The standard InChI is InChI=1S/C23H30FN3O7S.C21H27N3O7S.C20H22F3N3O7S.C20H25N3O6S/c1-4-5-14-34-18-7-6-16(15-17(18)24)26-10-12-27(13-11-26)35(30,31)20-9-8-19(32-2)22(33-3)21(20)23(28)25-29;1-29-16-6-4-15(5-7-16)14-23-10-12-24(13-11-23)32(27,28)18-9-8-17(30-2)20(31-3)19(18)21(25)22-26;1-31-15-7-8-16(17(18(15)32-2)19(27)24-28)34(29,30)26-11-9-25(10-12-26)13-3-5-14(6-4-13)33-20(21,22)23;1-28-16-8-9-17(18(19(16)29-2)20(24)21-25)30(26,27)23-12-10-22(11-13-23)14-15-6-4-3-5-7-15/h6-9,15,29H,4-5,10-14H2,1-3H3,(H,25,28);4-9,26H,10-14H2,1-3H3,(H,22,25);3-8,28H,9-12H2,1-2H3,(H,24,27);3-9,25H,10-14H2,1-2H3,(H,21,24). The number of benzene rings is 8. The number of sulfonamides is 4. The van der Waals surface area contributed by atoms with E-state index in [2.05, 4.69) is 14.5 Å². The Morgan fingerprint density at radius 2 is 0.656 bits per heavy atom. The molecule has 0 spiro atoms. The van der Waals surface area contributed by atoms with Crippen LogP contribution in [0, 0.1) is 5.82 Å². The van der Waals surface area contributed by atoms with E-state index in [1.807, 2.05) is 66.4 Å². The van der Waals surface area contributed by atoms with Gasteiger partial charge in [-0.3, -0.25) is 49.8 Å². The first kappa shape index (κ1) is 103. The van der Waals surface area contributed by atoms with Gasteiger partial charge in [0.2, 0.25) is 40.1 Å². The molecule has 47 heteroatoms. The van der Waals surface area contributed by atoms with Crippen molar-refractivity contribution in [2.75, 3.05) is 185 Å². The van der Waals surface area contributed by atoms with E-state index in [9.17, 15) is 75.6 Å². The Morgan fingerprint density at radius 3 is 0.947 bits per heavy atom. The molecule has 8 aromatic carbocycles. The molecule has 12 rings (SSSR count). The van der Waals surface area contributed by atoms with Crippen LogP contribution in [0.2, 0.25) is 0 Å². The number of rotatable bonds is 32. The van der Waals surface area contributed by atoms with Gasteiger partial charge < -0.3 is 61.9 Å². The number of nitrogens with one attached hydrogen (secondary N) is 4. The molecule has 0 aliphatic carbocycles. The van der Waals surface area contributed by atoms with Crippen LogP contribution in [0.25, 0.3) is 0 Å². The van der Waals surface area contributed by atoms with Crippen molar-refractivity contribution in [3.05, 3.63) is 185 Å². The van der Waals surface area contributed by atoms with Crippen LogP contribution in [0.4, 0.5) is 28.9 Å². The summed E-state index contributed by atoms with van der Waals surface area (Å²) in [5.41, 5.74) is 7.97. The molecular formula is C84H104F4N12O27S4. The lowest BCUT2D eigenvalue weighted by atomic mass is 10.1. The van der Waals surface area contributed by atoms with Crippen LogP contribution in [0.5, 0.6) is 63.2 Å². The predicted octanol–water partition coefficient (Wildman–Crippen LogP) is 7.55. The van der Waals surface area contributed by atoms with Crippen LogP contribution in [-0.2, 0) is 53.2 Å². The summed E-state index contributed by atoms with van der Waals surface area (Å²) in [4.78, 5) is 56.1. The molecule has 4 saturated heterocycles. The molecule has 0 aromatic heterocycles. The Morgan fingerprint density at radius 1 is 0.359 bits per heavy atom. The van der Waals surface area contributed by atoms with Gasteiger partial charge in [-0.1, -0.05) is 55.8 Å². The summed E-state index contributed by atoms with van der Waals surface area (Å²) in [6.45, 7) is 8.53. The smallest absolute Gasteiger partial charge is 0.497 e. The molecule has 0 atom stereocenters. The summed E-state index contributed by atoms with van der Waals surface area (Å²) in [6.07, 6.45) is -3.01. The van der Waals surface area contributed by atoms with Crippen molar-refractivity contribution < 1.29 is 143 Å². The topological polar surface area (TPSA) is 461 Å². The maximum absolute atomic E-state index is 14.5. The Balaban J connectivity index is 0.000000197. The summed E-state index contributed by atoms with van der Waals surface area (Å²) < 4.78 is 219. The van der Waals surface area contributed by atoms with E-state index in [0.717, 1.165) is 36.3 Å². The number of hydroxylamine groups is 4. The van der Waals surface area contributed by atoms with Crippen molar-refractivity contribution in [3.8, 4) is 63.2 Å². The molecule has 8 aromatic rings. The highest BCUT2D eigenvalue weighted by atomic mass is 32.2. The molecule has 39 nitrogen and oxygen atoms in total. The largest absolute Gasteiger partial charge is 0.573 e. The highest BCUT2D eigenvalue weighted by Crippen LogP contribution is 2.42. The fraction of sp³-hybridized carbons (Fsp3) is 0.381. The summed E-state index contributed by atoms with van der Waals surface area (Å²) in [6, 6.07) is 38.2. The van der Waals surface area contributed by atoms with Gasteiger partial charge in [-0.15, -0.1) is 13.2 Å². The molecule has 4 amide bonds. The van der Waals surface area contributed by atoms with Crippen molar-refractivity contribution in [3.63, 3.8) is 0 Å². The normalized spacial score (nSPS) is 15.1. The van der Waals surface area contributed by atoms with Crippen molar-refractivity contribution >= 4 is 75.1 Å². The third-order valence-electron chi connectivity index (χ3n) is 21.2. The monoisotopic (exact) mass is 1920 g/mol. The maximum atomic E-state index is 14.5. The van der Waals surface area contributed by atoms with Crippen LogP contribution in [0.1, 0.15) is 72.3 Å². The van der Waals surface area contributed by atoms with E-state index in [1.54, 1.807) is 24.1 Å². The van der Waals surface area contributed by atoms with Gasteiger partial charge >= 0.3 is 6.36 Å². The minimum Gasteiger partial charge on any atom is -0.497 e. The van der Waals surface area contributed by atoms with Crippen molar-refractivity contribution in [2.24, 2.45) is 0 Å². The van der Waals surface area contributed by atoms with Crippen LogP contribution >= 0.6 is 0 Å². The van der Waals surface area contributed by atoms with Crippen LogP contribution in [-0.4, -0.2) is 287 Å². The van der Waals surface area contributed by atoms with E-state index in [0.29, 0.717) is 63.8 Å². The fourth-order valence-corrected chi connectivity index (χ4v) is 21.0. The van der Waals surface area contributed by atoms with E-state index in [1.165, 1.54) is 175 Å². The van der Waals surface area contributed by atoms with Gasteiger partial charge in [-0.05, 0) is 115 Å². The number of hydrogen-bond donors (Lipinski definition) is 8. The molecule has 4 heterocycles. The minimum absolute atomic E-state index is 0.0393. The average Bonchev–Trinajstić information content (AvgIpc) is 0.777.